The standard InChI is InChI=1S/C23H21N2.C13H24O2.Ir/c1-14(2)19-7-5-6-17-8-9-20-22(24-13-25-23(20)21(17)19)18-11-15(3)10-16(4)12-18;1-7-12(3,4)10(14)9-11(15)13(5,6)8-2;/h5-11,13-14H,1-4H3;9,14H,7-8H2,1-6H3;/q-1;;/b;10-9-;. The molecular formula is C36H45IrN2O2-. The fourth-order valence-corrected chi connectivity index (χ4v) is 4.52. The van der Waals surface area contributed by atoms with Gasteiger partial charge in [0.25, 0.3) is 0 Å². The summed E-state index contributed by atoms with van der Waals surface area (Å²) in [5.74, 6) is 0.640. The zero-order valence-corrected chi connectivity index (χ0v) is 28.7. The van der Waals surface area contributed by atoms with Crippen molar-refractivity contribution in [2.75, 3.05) is 0 Å². The molecule has 41 heavy (non-hydrogen) atoms. The first-order valence-corrected chi connectivity index (χ1v) is 14.3. The van der Waals surface area contributed by atoms with Crippen LogP contribution in [0.1, 0.15) is 90.8 Å². The third kappa shape index (κ3) is 7.90. The number of carbonyl (C=O) groups excluding carboxylic acids is 1. The van der Waals surface area contributed by atoms with Crippen LogP contribution in [0, 0.1) is 30.7 Å². The van der Waals surface area contributed by atoms with Gasteiger partial charge in [0.05, 0.1) is 5.52 Å². The van der Waals surface area contributed by atoms with Gasteiger partial charge in [0.1, 0.15) is 12.1 Å². The molecule has 221 valence electrons. The summed E-state index contributed by atoms with van der Waals surface area (Å²) in [5.41, 5.74) is 6.02. The van der Waals surface area contributed by atoms with Crippen molar-refractivity contribution in [3.63, 3.8) is 0 Å². The van der Waals surface area contributed by atoms with Gasteiger partial charge in [0.2, 0.25) is 0 Å². The van der Waals surface area contributed by atoms with E-state index in [2.05, 4.69) is 86.2 Å². The normalized spacial score (nSPS) is 12.2. The quantitative estimate of drug-likeness (QED) is 0.0891. The first-order valence-electron chi connectivity index (χ1n) is 14.3. The number of aliphatic hydroxyl groups excluding tert-OH is 1. The van der Waals surface area contributed by atoms with E-state index < -0.39 is 0 Å². The van der Waals surface area contributed by atoms with E-state index in [4.69, 9.17) is 0 Å². The molecule has 0 spiro atoms. The average molecular weight is 730 g/mol. The summed E-state index contributed by atoms with van der Waals surface area (Å²) in [6.07, 6.45) is 4.67. The maximum absolute atomic E-state index is 11.8. The van der Waals surface area contributed by atoms with Crippen LogP contribution in [0.4, 0.5) is 0 Å². The molecule has 1 aromatic heterocycles. The molecule has 0 unspecified atom stereocenters. The topological polar surface area (TPSA) is 63.1 Å². The van der Waals surface area contributed by atoms with Crippen LogP contribution in [0.3, 0.4) is 0 Å². The Labute approximate surface area is 260 Å². The third-order valence-electron chi connectivity index (χ3n) is 8.10. The summed E-state index contributed by atoms with van der Waals surface area (Å²) >= 11 is 0. The maximum Gasteiger partial charge on any atom is 0.164 e. The molecule has 0 aliphatic heterocycles. The number of rotatable bonds is 7. The van der Waals surface area contributed by atoms with Gasteiger partial charge in [-0.25, -0.2) is 4.98 Å². The number of hydrogen-bond acceptors (Lipinski definition) is 4. The summed E-state index contributed by atoms with van der Waals surface area (Å²) in [6, 6.07) is 18.5. The fourth-order valence-electron chi connectivity index (χ4n) is 4.52. The zero-order valence-electron chi connectivity index (χ0n) is 26.3. The molecule has 0 saturated heterocycles. The number of aliphatic hydroxyl groups is 1. The molecule has 1 heterocycles. The molecule has 5 heteroatoms. The van der Waals surface area contributed by atoms with E-state index in [9.17, 15) is 9.90 Å². The molecular weight excluding hydrogens is 685 g/mol. The van der Waals surface area contributed by atoms with Crippen molar-refractivity contribution in [1.82, 2.24) is 9.97 Å². The molecule has 1 N–H and O–H groups in total. The average Bonchev–Trinajstić information content (AvgIpc) is 2.91. The molecule has 0 amide bonds. The van der Waals surface area contributed by atoms with Crippen LogP contribution in [-0.4, -0.2) is 20.9 Å². The van der Waals surface area contributed by atoms with Crippen LogP contribution in [0.2, 0.25) is 0 Å². The second kappa shape index (κ2) is 13.9. The maximum atomic E-state index is 11.8. The Morgan fingerprint density at radius 2 is 1.63 bits per heavy atom. The van der Waals surface area contributed by atoms with Crippen LogP contribution in [0.15, 0.2) is 60.6 Å². The molecule has 0 aliphatic rings. The van der Waals surface area contributed by atoms with Gasteiger partial charge >= 0.3 is 0 Å². The molecule has 0 saturated carbocycles. The van der Waals surface area contributed by atoms with Crippen LogP contribution in [-0.2, 0) is 24.9 Å². The molecule has 4 nitrogen and oxygen atoms in total. The first-order chi connectivity index (χ1) is 18.7. The molecule has 0 atom stereocenters. The number of aryl methyl sites for hydroxylation is 2. The Balaban J connectivity index is 0.000000320. The summed E-state index contributed by atoms with van der Waals surface area (Å²) in [4.78, 5) is 21.1. The molecule has 0 bridgehead atoms. The van der Waals surface area contributed by atoms with Crippen LogP contribution in [0.5, 0.6) is 0 Å². The fraction of sp³-hybridized carbons (Fsp3) is 0.417. The number of hydrogen-bond donors (Lipinski definition) is 1. The van der Waals surface area contributed by atoms with Crippen LogP contribution >= 0.6 is 0 Å². The van der Waals surface area contributed by atoms with E-state index in [0.717, 1.165) is 40.6 Å². The number of ketones is 1. The zero-order chi connectivity index (χ0) is 29.8. The minimum Gasteiger partial charge on any atom is -0.512 e. The minimum absolute atomic E-state index is 0. The number of aromatic nitrogens is 2. The van der Waals surface area contributed by atoms with Crippen molar-refractivity contribution in [3.8, 4) is 11.3 Å². The second-order valence-corrected chi connectivity index (χ2v) is 12.4. The summed E-state index contributed by atoms with van der Waals surface area (Å²) in [5, 5.41) is 13.4. The predicted molar refractivity (Wildman–Crippen MR) is 169 cm³/mol. The Bertz CT molecular complexity index is 1530. The van der Waals surface area contributed by atoms with E-state index >= 15 is 0 Å². The number of benzene rings is 3. The Kier molecular flexibility index (Phi) is 11.6. The van der Waals surface area contributed by atoms with Gasteiger partial charge in [-0.05, 0) is 40.8 Å². The molecule has 4 rings (SSSR count). The molecule has 0 fully saturated rings. The van der Waals surface area contributed by atoms with Crippen molar-refractivity contribution < 1.29 is 30.0 Å². The van der Waals surface area contributed by atoms with Gasteiger partial charge in [-0.15, -0.1) is 34.9 Å². The molecule has 3 aromatic carbocycles. The Hall–Kier alpha value is -2.88. The van der Waals surface area contributed by atoms with Gasteiger partial charge < -0.3 is 5.11 Å². The van der Waals surface area contributed by atoms with E-state index in [0.29, 0.717) is 5.92 Å². The number of carbonyl (C=O) groups is 1. The number of nitrogens with zero attached hydrogens (tertiary/aromatic N) is 2. The van der Waals surface area contributed by atoms with E-state index in [1.54, 1.807) is 6.33 Å². The van der Waals surface area contributed by atoms with Crippen molar-refractivity contribution in [2.24, 2.45) is 10.8 Å². The smallest absolute Gasteiger partial charge is 0.164 e. The molecule has 0 aliphatic carbocycles. The van der Waals surface area contributed by atoms with Gasteiger partial charge in [-0.1, -0.05) is 99.6 Å². The molecule has 1 radical (unpaired) electrons. The largest absolute Gasteiger partial charge is 0.512 e. The third-order valence-corrected chi connectivity index (χ3v) is 8.10. The number of allylic oxidation sites excluding steroid dienone is 2. The molecule has 4 aromatic rings. The van der Waals surface area contributed by atoms with Crippen molar-refractivity contribution in [2.45, 2.75) is 88.0 Å². The minimum atomic E-state index is -0.377. The van der Waals surface area contributed by atoms with E-state index in [1.165, 1.54) is 28.0 Å². The van der Waals surface area contributed by atoms with Crippen molar-refractivity contribution in [1.29, 1.82) is 0 Å². The Morgan fingerprint density at radius 3 is 2.22 bits per heavy atom. The van der Waals surface area contributed by atoms with Gasteiger partial charge in [-0.2, -0.15) is 0 Å². The summed E-state index contributed by atoms with van der Waals surface area (Å²) in [7, 11) is 0. The monoisotopic (exact) mass is 730 g/mol. The number of fused-ring (bicyclic) bond motifs is 3. The van der Waals surface area contributed by atoms with Gasteiger partial charge in [0.15, 0.2) is 5.78 Å². The van der Waals surface area contributed by atoms with Gasteiger partial charge in [-0.3, -0.25) is 9.78 Å². The van der Waals surface area contributed by atoms with E-state index in [1.807, 2.05) is 41.5 Å². The van der Waals surface area contributed by atoms with Crippen molar-refractivity contribution >= 4 is 27.5 Å². The summed E-state index contributed by atoms with van der Waals surface area (Å²) in [6.45, 7) is 20.3. The SMILES string of the molecule is CCC(C)(C)C(=O)/C=C(\O)C(C)(C)CC.Cc1[c-]c(-c2ncnc3c2ccc2cccc(C(C)C)c23)cc(C)c1.[Ir]. The Morgan fingerprint density at radius 1 is 0.976 bits per heavy atom. The van der Waals surface area contributed by atoms with Crippen molar-refractivity contribution in [3.05, 3.63) is 83.4 Å². The predicted octanol–water partition coefficient (Wildman–Crippen LogP) is 9.86. The second-order valence-electron chi connectivity index (χ2n) is 12.4. The summed E-state index contributed by atoms with van der Waals surface area (Å²) < 4.78 is 0. The van der Waals surface area contributed by atoms with Crippen LogP contribution in [0.25, 0.3) is 32.9 Å². The van der Waals surface area contributed by atoms with Crippen LogP contribution < -0.4 is 0 Å². The van der Waals surface area contributed by atoms with Gasteiger partial charge in [0, 0.05) is 42.4 Å². The van der Waals surface area contributed by atoms with E-state index in [-0.39, 0.29) is 42.5 Å². The first kappa shape index (κ1) is 34.3.